The summed E-state index contributed by atoms with van der Waals surface area (Å²) in [4.78, 5) is 11.3. The van der Waals surface area contributed by atoms with Crippen LogP contribution in [0, 0.1) is 0 Å². The zero-order valence-corrected chi connectivity index (χ0v) is 13.8. The van der Waals surface area contributed by atoms with E-state index in [1.807, 2.05) is 6.92 Å². The summed E-state index contributed by atoms with van der Waals surface area (Å²) in [6.07, 6.45) is 1.39. The van der Waals surface area contributed by atoms with Crippen LogP contribution < -0.4 is 0 Å². The third-order valence-electron chi connectivity index (χ3n) is 3.25. The molecule has 1 aliphatic rings. The number of carboxylic acid groups (broad SMARTS) is 1. The quantitative estimate of drug-likeness (QED) is 0.884. The summed E-state index contributed by atoms with van der Waals surface area (Å²) in [5.41, 5.74) is 0. The molecule has 1 aliphatic heterocycles. The maximum atomic E-state index is 12.8. The van der Waals surface area contributed by atoms with Crippen molar-refractivity contribution in [1.82, 2.24) is 4.31 Å². The molecule has 2 unspecified atom stereocenters. The van der Waals surface area contributed by atoms with Crippen molar-refractivity contribution >= 4 is 39.4 Å². The first-order chi connectivity index (χ1) is 9.89. The fourth-order valence-corrected chi connectivity index (χ4v) is 6.43. The van der Waals surface area contributed by atoms with E-state index in [0.717, 1.165) is 10.7 Å². The number of rotatable bonds is 5. The maximum absolute atomic E-state index is 12.8. The second kappa shape index (κ2) is 6.56. The summed E-state index contributed by atoms with van der Waals surface area (Å²) in [6, 6.07) is 5.06. The molecule has 2 atom stereocenters. The Morgan fingerprint density at radius 2 is 2.14 bits per heavy atom. The summed E-state index contributed by atoms with van der Waals surface area (Å²) < 4.78 is 26.7. The van der Waals surface area contributed by atoms with Crippen LogP contribution in [0.15, 0.2) is 29.2 Å². The zero-order valence-electron chi connectivity index (χ0n) is 11.4. The lowest BCUT2D eigenvalue weighted by molar-refractivity contribution is -0.140. The van der Waals surface area contributed by atoms with Crippen LogP contribution in [-0.4, -0.2) is 41.0 Å². The van der Waals surface area contributed by atoms with Gasteiger partial charge in [-0.2, -0.15) is 4.31 Å². The molecule has 5 nitrogen and oxygen atoms in total. The molecule has 1 fully saturated rings. The van der Waals surface area contributed by atoms with Gasteiger partial charge in [-0.25, -0.2) is 8.42 Å². The Balaban J connectivity index is 2.48. The van der Waals surface area contributed by atoms with Gasteiger partial charge in [0, 0.05) is 5.75 Å². The third kappa shape index (κ3) is 3.21. The summed E-state index contributed by atoms with van der Waals surface area (Å²) in [7, 11) is -3.94. The number of carboxylic acids is 1. The number of hydrogen-bond acceptors (Lipinski definition) is 4. The van der Waals surface area contributed by atoms with E-state index in [1.165, 1.54) is 23.9 Å². The Kier molecular flexibility index (Phi) is 5.19. The van der Waals surface area contributed by atoms with E-state index in [2.05, 4.69) is 0 Å². The van der Waals surface area contributed by atoms with Crippen molar-refractivity contribution < 1.29 is 18.3 Å². The van der Waals surface area contributed by atoms with Gasteiger partial charge < -0.3 is 5.11 Å². The predicted molar refractivity (Wildman–Crippen MR) is 83.1 cm³/mol. The first-order valence-corrected chi connectivity index (χ1v) is 9.38. The van der Waals surface area contributed by atoms with Gasteiger partial charge in [0.1, 0.15) is 10.9 Å². The number of halogens is 1. The normalized spacial score (nSPS) is 23.3. The Hall–Kier alpha value is -0.760. The van der Waals surface area contributed by atoms with Crippen molar-refractivity contribution in [3.63, 3.8) is 0 Å². The highest BCUT2D eigenvalue weighted by Gasteiger charge is 2.46. The Morgan fingerprint density at radius 3 is 2.71 bits per heavy atom. The second-order valence-corrected chi connectivity index (χ2v) is 8.13. The van der Waals surface area contributed by atoms with Crippen molar-refractivity contribution in [2.45, 2.75) is 36.1 Å². The molecule has 21 heavy (non-hydrogen) atoms. The van der Waals surface area contributed by atoms with Crippen LogP contribution in [-0.2, 0) is 14.8 Å². The first-order valence-electron chi connectivity index (χ1n) is 6.52. The van der Waals surface area contributed by atoms with Gasteiger partial charge in [-0.3, -0.25) is 4.79 Å². The Morgan fingerprint density at radius 1 is 1.48 bits per heavy atom. The van der Waals surface area contributed by atoms with Crippen molar-refractivity contribution in [2.24, 2.45) is 0 Å². The maximum Gasteiger partial charge on any atom is 0.322 e. The van der Waals surface area contributed by atoms with E-state index in [4.69, 9.17) is 11.6 Å². The lowest BCUT2D eigenvalue weighted by atomic mass is 10.3. The molecule has 0 radical (unpaired) electrons. The second-order valence-electron chi connectivity index (χ2n) is 4.70. The van der Waals surface area contributed by atoms with Gasteiger partial charge in [-0.05, 0) is 18.6 Å². The van der Waals surface area contributed by atoms with E-state index in [0.29, 0.717) is 6.42 Å². The van der Waals surface area contributed by atoms with Crippen molar-refractivity contribution in [3.8, 4) is 0 Å². The van der Waals surface area contributed by atoms with Gasteiger partial charge >= 0.3 is 5.97 Å². The minimum Gasteiger partial charge on any atom is -0.480 e. The van der Waals surface area contributed by atoms with Crippen LogP contribution in [0.25, 0.3) is 0 Å². The highest BCUT2D eigenvalue weighted by atomic mass is 35.5. The predicted octanol–water partition coefficient (Wildman–Crippen LogP) is 2.66. The first kappa shape index (κ1) is 16.6. The van der Waals surface area contributed by atoms with Crippen LogP contribution >= 0.6 is 23.4 Å². The molecule has 1 aromatic carbocycles. The molecule has 0 saturated carbocycles. The number of aliphatic carboxylic acids is 1. The highest BCUT2D eigenvalue weighted by molar-refractivity contribution is 8.01. The van der Waals surface area contributed by atoms with Crippen LogP contribution in [0.1, 0.15) is 19.8 Å². The van der Waals surface area contributed by atoms with Crippen LogP contribution in [0.4, 0.5) is 0 Å². The topological polar surface area (TPSA) is 74.7 Å². The average molecular weight is 350 g/mol. The van der Waals surface area contributed by atoms with E-state index >= 15 is 0 Å². The zero-order chi connectivity index (χ0) is 15.6. The molecule has 116 valence electrons. The molecule has 0 amide bonds. The van der Waals surface area contributed by atoms with Crippen LogP contribution in [0.2, 0.25) is 5.02 Å². The van der Waals surface area contributed by atoms with Crippen molar-refractivity contribution in [2.75, 3.05) is 5.75 Å². The molecule has 1 N–H and O–H groups in total. The van der Waals surface area contributed by atoms with Crippen molar-refractivity contribution in [3.05, 3.63) is 29.3 Å². The molecular formula is C13H16ClNO4S2. The lowest BCUT2D eigenvalue weighted by Crippen LogP contribution is -2.45. The standard InChI is InChI=1S/C13H16ClNO4S2/c1-2-5-12-15(10(8-20-12)13(16)17)21(18,19)11-7-4-3-6-9(11)14/h3-4,6-7,10,12H,2,5,8H2,1H3,(H,16,17). The number of benzene rings is 1. The Labute approximate surface area is 133 Å². The number of hydrogen-bond donors (Lipinski definition) is 1. The molecule has 1 saturated heterocycles. The number of thioether (sulfide) groups is 1. The number of sulfonamides is 1. The molecule has 0 bridgehead atoms. The Bertz CT molecular complexity index is 635. The minimum absolute atomic E-state index is 0.0403. The van der Waals surface area contributed by atoms with Gasteiger partial charge in [-0.15, -0.1) is 11.8 Å². The van der Waals surface area contributed by atoms with E-state index < -0.39 is 22.0 Å². The van der Waals surface area contributed by atoms with Crippen LogP contribution in [0.3, 0.4) is 0 Å². The van der Waals surface area contributed by atoms with Gasteiger partial charge in [0.05, 0.1) is 10.4 Å². The SMILES string of the molecule is CCCC1SCC(C(=O)O)N1S(=O)(=O)c1ccccc1Cl. The molecule has 0 aromatic heterocycles. The monoisotopic (exact) mass is 349 g/mol. The smallest absolute Gasteiger partial charge is 0.322 e. The minimum atomic E-state index is -3.94. The lowest BCUT2D eigenvalue weighted by Gasteiger charge is -2.26. The summed E-state index contributed by atoms with van der Waals surface area (Å²) in [5.74, 6) is -0.874. The van der Waals surface area contributed by atoms with E-state index in [1.54, 1.807) is 12.1 Å². The fraction of sp³-hybridized carbons (Fsp3) is 0.462. The molecule has 8 heteroatoms. The van der Waals surface area contributed by atoms with E-state index in [9.17, 15) is 18.3 Å². The fourth-order valence-electron chi connectivity index (χ4n) is 2.28. The summed E-state index contributed by atoms with van der Waals surface area (Å²) in [5, 5.41) is 9.04. The number of carbonyl (C=O) groups is 1. The molecule has 2 rings (SSSR count). The molecule has 1 aromatic rings. The van der Waals surface area contributed by atoms with Gasteiger partial charge in [0.25, 0.3) is 0 Å². The van der Waals surface area contributed by atoms with E-state index in [-0.39, 0.29) is 21.0 Å². The number of nitrogens with zero attached hydrogens (tertiary/aromatic N) is 1. The highest BCUT2D eigenvalue weighted by Crippen LogP contribution is 2.38. The third-order valence-corrected chi connectivity index (χ3v) is 7.16. The largest absolute Gasteiger partial charge is 0.480 e. The molecule has 0 aliphatic carbocycles. The van der Waals surface area contributed by atoms with Crippen LogP contribution in [0.5, 0.6) is 0 Å². The summed E-state index contributed by atoms with van der Waals surface area (Å²) in [6.45, 7) is 1.94. The summed E-state index contributed by atoms with van der Waals surface area (Å²) >= 11 is 7.34. The molecule has 1 heterocycles. The van der Waals surface area contributed by atoms with Gasteiger partial charge in [0.15, 0.2) is 0 Å². The van der Waals surface area contributed by atoms with Gasteiger partial charge in [0.2, 0.25) is 10.0 Å². The van der Waals surface area contributed by atoms with Gasteiger partial charge in [-0.1, -0.05) is 37.1 Å². The average Bonchev–Trinajstić information content (AvgIpc) is 2.84. The molecular weight excluding hydrogens is 334 g/mol. The molecule has 0 spiro atoms. The van der Waals surface area contributed by atoms with Crippen molar-refractivity contribution in [1.29, 1.82) is 0 Å².